The predicted molar refractivity (Wildman–Crippen MR) is 156 cm³/mol. The molecule has 1 unspecified atom stereocenters. The summed E-state index contributed by atoms with van der Waals surface area (Å²) < 4.78 is 10.4. The molecule has 0 N–H and O–H groups in total. The second-order valence-electron chi connectivity index (χ2n) is 9.67. The first-order chi connectivity index (χ1) is 18.6. The van der Waals surface area contributed by atoms with Crippen LogP contribution in [0.5, 0.6) is 0 Å². The summed E-state index contributed by atoms with van der Waals surface area (Å²) in [4.78, 5) is 17.1. The first-order valence-corrected chi connectivity index (χ1v) is 13.3. The van der Waals surface area contributed by atoms with Gasteiger partial charge in [-0.25, -0.2) is 4.99 Å². The maximum absolute atomic E-state index is 9.70. The van der Waals surface area contributed by atoms with Gasteiger partial charge in [-0.05, 0) is 56.9 Å². The Labute approximate surface area is 227 Å². The van der Waals surface area contributed by atoms with Crippen LogP contribution < -0.4 is 0 Å². The number of carbonyl (C=O) groups excluding carboxylic acids is 1. The molecule has 2 aromatic rings. The summed E-state index contributed by atoms with van der Waals surface area (Å²) in [6.07, 6.45) is 17.1. The normalized spacial score (nSPS) is 19.6. The summed E-state index contributed by atoms with van der Waals surface area (Å²) in [6.45, 7) is 8.82. The van der Waals surface area contributed by atoms with E-state index in [4.69, 9.17) is 9.73 Å². The maximum Gasteiger partial charge on any atom is 0.293 e. The highest BCUT2D eigenvalue weighted by atomic mass is 16.5. The molecule has 2 aliphatic heterocycles. The van der Waals surface area contributed by atoms with Gasteiger partial charge >= 0.3 is 0 Å². The van der Waals surface area contributed by atoms with Crippen molar-refractivity contribution in [2.75, 3.05) is 26.3 Å². The molecular weight excluding hydrogens is 472 g/mol. The van der Waals surface area contributed by atoms with Gasteiger partial charge < -0.3 is 9.47 Å². The van der Waals surface area contributed by atoms with Gasteiger partial charge in [-0.3, -0.25) is 9.69 Å². The zero-order chi connectivity index (χ0) is 26.9. The number of allylic oxidation sites excluding steroid dienone is 5. The number of aliphatic imine (C=N–C) groups is 1. The Balaban J connectivity index is 0.000000284. The molecule has 5 heteroatoms. The second-order valence-corrected chi connectivity index (χ2v) is 9.67. The van der Waals surface area contributed by atoms with Crippen LogP contribution in [0, 0.1) is 0 Å². The van der Waals surface area contributed by atoms with Gasteiger partial charge in [-0.15, -0.1) is 0 Å². The molecule has 4 rings (SSSR count). The van der Waals surface area contributed by atoms with Gasteiger partial charge in [0.25, 0.3) is 6.47 Å². The molecule has 0 amide bonds. The largest absolute Gasteiger partial charge is 0.475 e. The van der Waals surface area contributed by atoms with E-state index in [2.05, 4.69) is 71.2 Å². The minimum atomic E-state index is -0.140. The smallest absolute Gasteiger partial charge is 0.293 e. The van der Waals surface area contributed by atoms with Crippen molar-refractivity contribution in [3.8, 4) is 0 Å². The molecule has 2 aromatic carbocycles. The molecule has 0 bridgehead atoms. The van der Waals surface area contributed by atoms with E-state index < -0.39 is 0 Å². The lowest BCUT2D eigenvalue weighted by Gasteiger charge is -2.29. The number of hydrogen-bond acceptors (Lipinski definition) is 5. The predicted octanol–water partition coefficient (Wildman–Crippen LogP) is 6.68. The molecule has 0 aromatic heterocycles. The zero-order valence-corrected chi connectivity index (χ0v) is 22.7. The van der Waals surface area contributed by atoms with Crippen LogP contribution >= 0.6 is 0 Å². The number of rotatable bonds is 11. The average molecular weight is 513 g/mol. The van der Waals surface area contributed by atoms with Gasteiger partial charge in [0.05, 0.1) is 5.54 Å². The van der Waals surface area contributed by atoms with Crippen molar-refractivity contribution in [2.45, 2.75) is 45.2 Å². The zero-order valence-electron chi connectivity index (χ0n) is 22.7. The number of nitrogens with zero attached hydrogens (tertiary/aromatic N) is 2. The van der Waals surface area contributed by atoms with Gasteiger partial charge in [0.15, 0.2) is 0 Å². The molecule has 0 spiro atoms. The summed E-state index contributed by atoms with van der Waals surface area (Å²) in [5.74, 6) is 0.787. The van der Waals surface area contributed by atoms with E-state index in [1.165, 1.54) is 11.1 Å². The van der Waals surface area contributed by atoms with Crippen LogP contribution in [0.2, 0.25) is 0 Å². The van der Waals surface area contributed by atoms with E-state index in [-0.39, 0.29) is 5.54 Å². The molecule has 0 saturated carbocycles. The van der Waals surface area contributed by atoms with E-state index in [9.17, 15) is 4.79 Å². The quantitative estimate of drug-likeness (QED) is 0.146. The lowest BCUT2D eigenvalue weighted by molar-refractivity contribution is -0.127. The highest BCUT2D eigenvalue weighted by molar-refractivity contribution is 5.95. The van der Waals surface area contributed by atoms with E-state index >= 15 is 0 Å². The molecule has 2 heterocycles. The van der Waals surface area contributed by atoms with E-state index in [0.717, 1.165) is 50.4 Å². The van der Waals surface area contributed by atoms with E-state index in [1.54, 1.807) is 6.08 Å². The van der Waals surface area contributed by atoms with Crippen molar-refractivity contribution >= 4 is 12.4 Å². The number of hydrogen-bond donors (Lipinski definition) is 0. The van der Waals surface area contributed by atoms with Crippen molar-refractivity contribution in [3.05, 3.63) is 120 Å². The average Bonchev–Trinajstić information content (AvgIpc) is 3.34. The highest BCUT2D eigenvalue weighted by Gasteiger charge is 2.33. The molecule has 2 aliphatic rings. The minimum absolute atomic E-state index is 0.140. The van der Waals surface area contributed by atoms with E-state index in [1.807, 2.05) is 49.4 Å². The van der Waals surface area contributed by atoms with Crippen molar-refractivity contribution in [1.29, 1.82) is 0 Å². The van der Waals surface area contributed by atoms with Crippen molar-refractivity contribution in [2.24, 2.45) is 4.99 Å². The molecule has 0 saturated heterocycles. The Kier molecular flexibility index (Phi) is 12.3. The molecular formula is C33H40N2O3. The Morgan fingerprint density at radius 2 is 1.76 bits per heavy atom. The van der Waals surface area contributed by atoms with Crippen LogP contribution in [-0.2, 0) is 20.8 Å². The fourth-order valence-electron chi connectivity index (χ4n) is 4.34. The lowest BCUT2D eigenvalue weighted by atomic mass is 9.91. The molecule has 38 heavy (non-hydrogen) atoms. The summed E-state index contributed by atoms with van der Waals surface area (Å²) >= 11 is 0. The van der Waals surface area contributed by atoms with Crippen LogP contribution in [0.1, 0.15) is 44.2 Å². The highest BCUT2D eigenvalue weighted by Crippen LogP contribution is 2.30. The summed E-state index contributed by atoms with van der Waals surface area (Å²) in [5.41, 5.74) is 3.83. The van der Waals surface area contributed by atoms with Gasteiger partial charge in [-0.2, -0.15) is 0 Å². The monoisotopic (exact) mass is 512 g/mol. The summed E-state index contributed by atoms with van der Waals surface area (Å²) in [5, 5.41) is 0. The topological polar surface area (TPSA) is 51.1 Å². The first kappa shape index (κ1) is 28.9. The minimum Gasteiger partial charge on any atom is -0.475 e. The molecule has 0 aliphatic carbocycles. The van der Waals surface area contributed by atoms with Gasteiger partial charge in [0.2, 0.25) is 5.90 Å². The standard InChI is InChI=1S/C23H26N2O.C10H14O2/c1-23(18-26-22(24-23)21-10-6-3-7-11-21)16-19-12-14-25(15-13-19)17-20-8-4-2-5-9-20;1-2-3-4-5-6-7-8-9-12-10-11/h2-12H,13-18H2,1H3;2-3,5-8,10H,4,9H2,1H3/b;3-2-,6-5-,8-7+. The summed E-state index contributed by atoms with van der Waals surface area (Å²) in [6, 6.07) is 20.9. The van der Waals surface area contributed by atoms with Crippen LogP contribution in [0.25, 0.3) is 0 Å². The number of benzene rings is 2. The van der Waals surface area contributed by atoms with Crippen molar-refractivity contribution in [1.82, 2.24) is 4.90 Å². The third-order valence-electron chi connectivity index (χ3n) is 6.31. The number of carbonyl (C=O) groups is 1. The van der Waals surface area contributed by atoms with E-state index in [0.29, 0.717) is 19.7 Å². The van der Waals surface area contributed by atoms with Gasteiger partial charge in [0, 0.05) is 25.2 Å². The summed E-state index contributed by atoms with van der Waals surface area (Å²) in [7, 11) is 0. The van der Waals surface area contributed by atoms with Crippen LogP contribution in [0.15, 0.2) is 114 Å². The van der Waals surface area contributed by atoms with Crippen LogP contribution in [0.3, 0.4) is 0 Å². The van der Waals surface area contributed by atoms with Crippen LogP contribution in [-0.4, -0.2) is 49.1 Å². The van der Waals surface area contributed by atoms with Crippen molar-refractivity contribution < 1.29 is 14.3 Å². The van der Waals surface area contributed by atoms with Gasteiger partial charge in [-0.1, -0.05) is 90.6 Å². The fourth-order valence-corrected chi connectivity index (χ4v) is 4.34. The SMILES string of the molecule is C/C=C\C/C=C\C=C\COC=O.CC1(CC2=CCN(Cc3ccccc3)CC2)COC(c2ccccc2)=N1. The second kappa shape index (κ2) is 16.2. The first-order valence-electron chi connectivity index (χ1n) is 13.3. The lowest BCUT2D eigenvalue weighted by Crippen LogP contribution is -2.31. The Bertz CT molecular complexity index is 1120. The fraction of sp³-hybridized carbons (Fsp3) is 0.333. The Hall–Kier alpha value is -3.70. The molecule has 5 nitrogen and oxygen atoms in total. The molecule has 1 atom stereocenters. The Morgan fingerprint density at radius 1 is 1.03 bits per heavy atom. The van der Waals surface area contributed by atoms with Gasteiger partial charge in [0.1, 0.15) is 13.2 Å². The number of ether oxygens (including phenoxy) is 2. The van der Waals surface area contributed by atoms with Crippen LogP contribution in [0.4, 0.5) is 0 Å². The maximum atomic E-state index is 9.70. The van der Waals surface area contributed by atoms with Crippen molar-refractivity contribution in [3.63, 3.8) is 0 Å². The molecule has 0 radical (unpaired) electrons. The third kappa shape index (κ3) is 10.3. The Morgan fingerprint density at radius 3 is 2.45 bits per heavy atom. The molecule has 200 valence electrons. The molecule has 0 fully saturated rings. The third-order valence-corrected chi connectivity index (χ3v) is 6.31.